The Morgan fingerprint density at radius 3 is 1.74 bits per heavy atom. The van der Waals surface area contributed by atoms with E-state index in [1.807, 2.05) is 36.5 Å². The molecule has 1 fully saturated rings. The zero-order valence-electron chi connectivity index (χ0n) is 18.1. The number of hydrogen-bond donors (Lipinski definition) is 1. The molecule has 12 heteroatoms. The van der Waals surface area contributed by atoms with Crippen LogP contribution < -0.4 is 5.90 Å². The number of amides is 2. The van der Waals surface area contributed by atoms with Crippen molar-refractivity contribution in [3.8, 4) is 11.6 Å². The summed E-state index contributed by atoms with van der Waals surface area (Å²) in [5.41, 5.74) is 1.71. The second-order valence-corrected chi connectivity index (χ2v) is 7.12. The Morgan fingerprint density at radius 1 is 0.794 bits per heavy atom. The normalized spacial score (nSPS) is 13.1. The summed E-state index contributed by atoms with van der Waals surface area (Å²) in [6, 6.07) is 11.0. The van der Waals surface area contributed by atoms with Gasteiger partial charge in [-0.25, -0.2) is 25.2 Å². The van der Waals surface area contributed by atoms with E-state index in [-0.39, 0.29) is 31.3 Å². The zero-order valence-corrected chi connectivity index (χ0v) is 18.1. The maximum atomic E-state index is 11.4. The summed E-state index contributed by atoms with van der Waals surface area (Å²) in [7, 11) is 0. The second-order valence-electron chi connectivity index (χ2n) is 7.12. The fourth-order valence-electron chi connectivity index (χ4n) is 3.02. The van der Waals surface area contributed by atoms with Gasteiger partial charge in [0.05, 0.1) is 6.61 Å². The Bertz CT molecular complexity index is 1180. The van der Waals surface area contributed by atoms with E-state index in [0.29, 0.717) is 12.4 Å². The minimum absolute atomic E-state index is 0.129. The molecule has 2 N–H and O–H groups in total. The second kappa shape index (κ2) is 11.0. The minimum Gasteiger partial charge on any atom is -0.300 e. The predicted molar refractivity (Wildman–Crippen MR) is 118 cm³/mol. The van der Waals surface area contributed by atoms with Crippen LogP contribution in [0.1, 0.15) is 24.0 Å². The fourth-order valence-corrected chi connectivity index (χ4v) is 3.02. The maximum absolute atomic E-state index is 11.4. The van der Waals surface area contributed by atoms with Crippen LogP contribution in [0.25, 0.3) is 11.6 Å². The van der Waals surface area contributed by atoms with Crippen molar-refractivity contribution in [3.63, 3.8) is 0 Å². The van der Waals surface area contributed by atoms with E-state index < -0.39 is 0 Å². The van der Waals surface area contributed by atoms with E-state index in [1.165, 1.54) is 0 Å². The number of rotatable bonds is 7. The molecule has 0 unspecified atom stereocenters. The first kappa shape index (κ1) is 22.9. The lowest BCUT2D eigenvalue weighted by Gasteiger charge is -2.13. The summed E-state index contributed by atoms with van der Waals surface area (Å²) < 4.78 is 3.32. The van der Waals surface area contributed by atoms with Gasteiger partial charge in [-0.2, -0.15) is 15.3 Å². The van der Waals surface area contributed by atoms with Crippen LogP contribution in [0.3, 0.4) is 0 Å². The van der Waals surface area contributed by atoms with Gasteiger partial charge in [0, 0.05) is 50.0 Å². The van der Waals surface area contributed by atoms with Gasteiger partial charge >= 0.3 is 0 Å². The monoisotopic (exact) mass is 462 g/mol. The maximum Gasteiger partial charge on any atom is 0.254 e. The number of hydroxylamine groups is 2. The van der Waals surface area contributed by atoms with Crippen LogP contribution in [-0.2, 0) is 32.5 Å². The van der Waals surface area contributed by atoms with E-state index in [4.69, 9.17) is 10.7 Å². The highest BCUT2D eigenvalue weighted by Gasteiger charge is 2.30. The van der Waals surface area contributed by atoms with E-state index in [0.717, 1.165) is 22.0 Å². The number of aromatic nitrogens is 6. The van der Waals surface area contributed by atoms with Crippen molar-refractivity contribution in [2.75, 3.05) is 0 Å². The summed E-state index contributed by atoms with van der Waals surface area (Å²) in [5, 5.41) is 8.97. The van der Waals surface area contributed by atoms with Gasteiger partial charge in [0.15, 0.2) is 11.6 Å². The lowest BCUT2D eigenvalue weighted by molar-refractivity contribution is -0.191. The molecular weight excluding hydrogens is 440 g/mol. The van der Waals surface area contributed by atoms with Crippen molar-refractivity contribution in [2.24, 2.45) is 5.90 Å². The molecule has 1 aliphatic rings. The Balaban J connectivity index is 0.000000172. The first-order chi connectivity index (χ1) is 16.6. The Hall–Kier alpha value is -4.26. The average molecular weight is 462 g/mol. The largest absolute Gasteiger partial charge is 0.300 e. The summed E-state index contributed by atoms with van der Waals surface area (Å²) in [4.78, 5) is 40.9. The number of nitrogens with zero attached hydrogens (tertiary/aromatic N) is 7. The van der Waals surface area contributed by atoms with Gasteiger partial charge in [-0.1, -0.05) is 12.1 Å². The number of imide groups is 1. The van der Waals surface area contributed by atoms with Gasteiger partial charge in [0.1, 0.15) is 6.61 Å². The molecule has 0 saturated carbocycles. The highest BCUT2D eigenvalue weighted by atomic mass is 16.7. The van der Waals surface area contributed by atoms with Gasteiger partial charge in [0.2, 0.25) is 0 Å². The van der Waals surface area contributed by atoms with Gasteiger partial charge in [-0.3, -0.25) is 19.3 Å². The lowest BCUT2D eigenvalue weighted by atomic mass is 10.3. The molecule has 1 saturated heterocycles. The Labute approximate surface area is 194 Å². The highest BCUT2D eigenvalue weighted by molar-refractivity contribution is 6.00. The summed E-state index contributed by atoms with van der Waals surface area (Å²) in [5.74, 6) is 5.82. The summed E-state index contributed by atoms with van der Waals surface area (Å²) in [6.45, 7) is 0.496. The van der Waals surface area contributed by atoms with Crippen LogP contribution >= 0.6 is 0 Å². The number of hydrogen-bond acceptors (Lipinski definition) is 9. The highest BCUT2D eigenvalue weighted by Crippen LogP contribution is 2.14. The SMILES string of the molecule is NOCc1ccc(-n2cccn2)nc1.O=C1CCC(=O)N1OCc1ccc(-n2cccn2)nc1. The first-order valence-electron chi connectivity index (χ1n) is 10.3. The van der Waals surface area contributed by atoms with Gasteiger partial charge in [0.25, 0.3) is 11.8 Å². The van der Waals surface area contributed by atoms with Crippen LogP contribution in [0.2, 0.25) is 0 Å². The third-order valence-electron chi connectivity index (χ3n) is 4.71. The van der Waals surface area contributed by atoms with Gasteiger partial charge < -0.3 is 0 Å². The molecule has 2 amide bonds. The number of nitrogens with two attached hydrogens (primary N) is 1. The molecule has 0 spiro atoms. The standard InChI is InChI=1S/C13H12N4O3.C9H10N4O/c18-12-4-5-13(19)17(12)20-9-10-2-3-11(14-8-10)16-7-1-6-15-16;10-14-7-8-2-3-9(11-6-8)13-5-1-4-12-13/h1-3,6-8H,4-5,9H2;1-6H,7,10H2. The van der Waals surface area contributed by atoms with Crippen molar-refractivity contribution in [3.05, 3.63) is 84.7 Å². The topological polar surface area (TPSA) is 143 Å². The van der Waals surface area contributed by atoms with E-state index in [1.54, 1.807) is 46.4 Å². The molecule has 4 aromatic heterocycles. The smallest absolute Gasteiger partial charge is 0.254 e. The van der Waals surface area contributed by atoms with Crippen molar-refractivity contribution < 1.29 is 19.3 Å². The van der Waals surface area contributed by atoms with E-state index >= 15 is 0 Å². The minimum atomic E-state index is -0.295. The Kier molecular flexibility index (Phi) is 7.45. The summed E-state index contributed by atoms with van der Waals surface area (Å²) in [6.07, 6.45) is 10.8. The molecule has 0 aliphatic carbocycles. The van der Waals surface area contributed by atoms with Crippen LogP contribution in [0.5, 0.6) is 0 Å². The molecule has 34 heavy (non-hydrogen) atoms. The first-order valence-corrected chi connectivity index (χ1v) is 10.3. The molecule has 0 aromatic carbocycles. The van der Waals surface area contributed by atoms with Crippen molar-refractivity contribution >= 4 is 11.8 Å². The number of carbonyl (C=O) groups excluding carboxylic acids is 2. The Morgan fingerprint density at radius 2 is 1.32 bits per heavy atom. The number of carbonyl (C=O) groups is 2. The lowest BCUT2D eigenvalue weighted by Crippen LogP contribution is -2.29. The average Bonchev–Trinajstić information content (AvgIpc) is 3.64. The quantitative estimate of drug-likeness (QED) is 0.319. The summed E-state index contributed by atoms with van der Waals surface area (Å²) >= 11 is 0. The number of pyridine rings is 2. The van der Waals surface area contributed by atoms with Crippen LogP contribution in [0, 0.1) is 0 Å². The van der Waals surface area contributed by atoms with Gasteiger partial charge in [-0.15, -0.1) is 0 Å². The molecule has 4 aromatic rings. The van der Waals surface area contributed by atoms with Crippen LogP contribution in [0.15, 0.2) is 73.6 Å². The molecule has 0 bridgehead atoms. The molecule has 12 nitrogen and oxygen atoms in total. The van der Waals surface area contributed by atoms with Crippen molar-refractivity contribution in [1.29, 1.82) is 0 Å². The zero-order chi connectivity index (χ0) is 23.8. The molecule has 0 atom stereocenters. The third-order valence-corrected chi connectivity index (χ3v) is 4.71. The molecular formula is C22H22N8O4. The fraction of sp³-hybridized carbons (Fsp3) is 0.182. The van der Waals surface area contributed by atoms with Crippen LogP contribution in [0.4, 0.5) is 0 Å². The molecule has 174 valence electrons. The molecule has 5 rings (SSSR count). The van der Waals surface area contributed by atoms with Crippen molar-refractivity contribution in [2.45, 2.75) is 26.1 Å². The van der Waals surface area contributed by atoms with E-state index in [2.05, 4.69) is 25.0 Å². The predicted octanol–water partition coefficient (Wildman–Crippen LogP) is 1.51. The van der Waals surface area contributed by atoms with Crippen molar-refractivity contribution in [1.82, 2.24) is 34.6 Å². The third kappa shape index (κ3) is 5.75. The molecule has 5 heterocycles. The van der Waals surface area contributed by atoms with Gasteiger partial charge in [-0.05, 0) is 35.4 Å². The van der Waals surface area contributed by atoms with E-state index in [9.17, 15) is 9.59 Å². The van der Waals surface area contributed by atoms with Crippen LogP contribution in [-0.4, -0.2) is 46.4 Å². The molecule has 1 aliphatic heterocycles. The molecule has 0 radical (unpaired) electrons.